The van der Waals surface area contributed by atoms with Gasteiger partial charge >= 0.3 is 11.9 Å². The molecule has 1 aromatic rings. The van der Waals surface area contributed by atoms with Gasteiger partial charge in [-0.25, -0.2) is 4.39 Å². The lowest BCUT2D eigenvalue weighted by Crippen LogP contribution is -2.35. The van der Waals surface area contributed by atoms with Crippen molar-refractivity contribution in [1.29, 1.82) is 0 Å². The number of rotatable bonds is 6. The van der Waals surface area contributed by atoms with Crippen molar-refractivity contribution >= 4 is 23.5 Å². The van der Waals surface area contributed by atoms with E-state index in [2.05, 4.69) is 9.47 Å². The Balaban J connectivity index is 2.84. The summed E-state index contributed by atoms with van der Waals surface area (Å²) in [5.74, 6) is -1.64. The second-order valence-corrected chi connectivity index (χ2v) is 4.42. The van der Waals surface area contributed by atoms with Crippen molar-refractivity contribution in [3.8, 4) is 0 Å². The molecule has 0 bridgehead atoms. The van der Waals surface area contributed by atoms with Gasteiger partial charge in [0.05, 0.1) is 32.3 Å². The van der Waals surface area contributed by atoms with Crippen LogP contribution in [0.25, 0.3) is 0 Å². The SMILES string of the molecule is COC(=O)CN(CC(=O)OC)Cc1cccc(Cl)c1F. The first-order chi connectivity index (χ1) is 9.47. The summed E-state index contributed by atoms with van der Waals surface area (Å²) in [4.78, 5) is 24.0. The molecule has 0 aliphatic heterocycles. The summed E-state index contributed by atoms with van der Waals surface area (Å²) in [7, 11) is 2.47. The Morgan fingerprint density at radius 2 is 1.75 bits per heavy atom. The van der Waals surface area contributed by atoms with E-state index >= 15 is 0 Å². The van der Waals surface area contributed by atoms with Gasteiger partial charge in [0.1, 0.15) is 5.82 Å². The predicted molar refractivity (Wildman–Crippen MR) is 70.7 cm³/mol. The van der Waals surface area contributed by atoms with E-state index < -0.39 is 17.8 Å². The summed E-state index contributed by atoms with van der Waals surface area (Å²) in [5, 5.41) is -0.0152. The van der Waals surface area contributed by atoms with Gasteiger partial charge in [-0.05, 0) is 6.07 Å². The largest absolute Gasteiger partial charge is 0.468 e. The second-order valence-electron chi connectivity index (χ2n) is 4.01. The van der Waals surface area contributed by atoms with Crippen molar-refractivity contribution in [1.82, 2.24) is 4.90 Å². The Bertz CT molecular complexity index is 477. The van der Waals surface area contributed by atoms with Crippen LogP contribution < -0.4 is 0 Å². The number of methoxy groups -OCH3 is 2. The standard InChI is InChI=1S/C13H15ClFNO4/c1-19-11(17)7-16(8-12(18)20-2)6-9-4-3-5-10(14)13(9)15/h3-5H,6-8H2,1-2H3. The van der Waals surface area contributed by atoms with Crippen LogP contribution in [0.3, 0.4) is 0 Å². The highest BCUT2D eigenvalue weighted by Gasteiger charge is 2.18. The molecule has 0 aliphatic rings. The molecule has 0 N–H and O–H groups in total. The molecular formula is C13H15ClFNO4. The highest BCUT2D eigenvalue weighted by Crippen LogP contribution is 2.19. The summed E-state index contributed by atoms with van der Waals surface area (Å²) in [6.07, 6.45) is 0. The van der Waals surface area contributed by atoms with E-state index in [1.54, 1.807) is 6.07 Å². The van der Waals surface area contributed by atoms with Crippen LogP contribution in [0.1, 0.15) is 5.56 Å². The van der Waals surface area contributed by atoms with Crippen LogP contribution in [-0.2, 0) is 25.6 Å². The zero-order valence-electron chi connectivity index (χ0n) is 11.2. The van der Waals surface area contributed by atoms with Gasteiger partial charge in [-0.15, -0.1) is 0 Å². The molecular weight excluding hydrogens is 289 g/mol. The highest BCUT2D eigenvalue weighted by atomic mass is 35.5. The lowest BCUT2D eigenvalue weighted by molar-refractivity contribution is -0.145. The summed E-state index contributed by atoms with van der Waals surface area (Å²) < 4.78 is 22.9. The topological polar surface area (TPSA) is 55.8 Å². The van der Waals surface area contributed by atoms with Crippen LogP contribution in [0.2, 0.25) is 5.02 Å². The molecule has 1 rings (SSSR count). The fourth-order valence-corrected chi connectivity index (χ4v) is 1.77. The molecule has 0 fully saturated rings. The molecule has 0 heterocycles. The Morgan fingerprint density at radius 3 is 2.25 bits per heavy atom. The average molecular weight is 304 g/mol. The van der Waals surface area contributed by atoms with Gasteiger partial charge in [-0.3, -0.25) is 14.5 Å². The Kier molecular flexibility index (Phi) is 6.41. The van der Waals surface area contributed by atoms with E-state index in [9.17, 15) is 14.0 Å². The number of benzene rings is 1. The number of hydrogen-bond donors (Lipinski definition) is 0. The first-order valence-corrected chi connectivity index (χ1v) is 6.14. The minimum Gasteiger partial charge on any atom is -0.468 e. The molecule has 0 amide bonds. The third-order valence-corrected chi connectivity index (χ3v) is 2.88. The summed E-state index contributed by atoms with van der Waals surface area (Å²) in [6.45, 7) is -0.272. The molecule has 7 heteroatoms. The van der Waals surface area contributed by atoms with Crippen LogP contribution in [-0.4, -0.2) is 44.1 Å². The first-order valence-electron chi connectivity index (χ1n) is 5.76. The fraction of sp³-hybridized carbons (Fsp3) is 0.385. The van der Waals surface area contributed by atoms with Gasteiger partial charge in [0.15, 0.2) is 0 Å². The molecule has 0 saturated heterocycles. The molecule has 0 spiro atoms. The van der Waals surface area contributed by atoms with E-state index in [0.29, 0.717) is 0 Å². The number of carbonyl (C=O) groups excluding carboxylic acids is 2. The normalized spacial score (nSPS) is 10.4. The van der Waals surface area contributed by atoms with E-state index in [0.717, 1.165) is 0 Å². The molecule has 0 aliphatic carbocycles. The van der Waals surface area contributed by atoms with Gasteiger partial charge in [0.2, 0.25) is 0 Å². The molecule has 0 aromatic heterocycles. The van der Waals surface area contributed by atoms with Gasteiger partial charge in [0.25, 0.3) is 0 Å². The monoisotopic (exact) mass is 303 g/mol. The number of nitrogens with zero attached hydrogens (tertiary/aromatic N) is 1. The van der Waals surface area contributed by atoms with Crippen LogP contribution >= 0.6 is 11.6 Å². The van der Waals surface area contributed by atoms with E-state index in [4.69, 9.17) is 11.6 Å². The molecule has 0 unspecified atom stereocenters. The first kappa shape index (κ1) is 16.4. The number of carbonyl (C=O) groups is 2. The van der Waals surface area contributed by atoms with E-state index in [1.807, 2.05) is 0 Å². The summed E-state index contributed by atoms with van der Waals surface area (Å²) in [5.41, 5.74) is 0.283. The van der Waals surface area contributed by atoms with Crippen molar-refractivity contribution in [2.45, 2.75) is 6.54 Å². The predicted octanol–water partition coefficient (Wildman–Crippen LogP) is 1.63. The summed E-state index contributed by atoms with van der Waals surface area (Å²) >= 11 is 5.69. The number of halogens is 2. The Hall–Kier alpha value is -1.66. The molecule has 110 valence electrons. The molecule has 0 radical (unpaired) electrons. The van der Waals surface area contributed by atoms with Crippen LogP contribution in [0.5, 0.6) is 0 Å². The molecule has 1 aromatic carbocycles. The average Bonchev–Trinajstić information content (AvgIpc) is 2.43. The van der Waals surface area contributed by atoms with Crippen molar-refractivity contribution in [3.05, 3.63) is 34.6 Å². The van der Waals surface area contributed by atoms with Crippen LogP contribution in [0, 0.1) is 5.82 Å². The Morgan fingerprint density at radius 1 is 1.20 bits per heavy atom. The quantitative estimate of drug-likeness (QED) is 0.748. The molecule has 0 saturated carbocycles. The minimum atomic E-state index is -0.575. The number of hydrogen-bond acceptors (Lipinski definition) is 5. The Labute approximate surface area is 121 Å². The minimum absolute atomic E-state index is 0.0152. The summed E-state index contributed by atoms with van der Waals surface area (Å²) in [6, 6.07) is 4.54. The maximum atomic E-state index is 13.8. The van der Waals surface area contributed by atoms with Crippen LogP contribution in [0.4, 0.5) is 4.39 Å². The van der Waals surface area contributed by atoms with Gasteiger partial charge in [0, 0.05) is 12.1 Å². The number of esters is 2. The van der Waals surface area contributed by atoms with Crippen molar-refractivity contribution < 1.29 is 23.5 Å². The zero-order chi connectivity index (χ0) is 15.1. The lowest BCUT2D eigenvalue weighted by atomic mass is 10.2. The molecule has 5 nitrogen and oxygen atoms in total. The van der Waals surface area contributed by atoms with E-state index in [1.165, 1.54) is 31.3 Å². The van der Waals surface area contributed by atoms with E-state index in [-0.39, 0.29) is 30.2 Å². The highest BCUT2D eigenvalue weighted by molar-refractivity contribution is 6.30. The van der Waals surface area contributed by atoms with Gasteiger partial charge in [-0.1, -0.05) is 23.7 Å². The fourth-order valence-electron chi connectivity index (χ4n) is 1.57. The van der Waals surface area contributed by atoms with Gasteiger partial charge in [-0.2, -0.15) is 0 Å². The maximum absolute atomic E-state index is 13.8. The lowest BCUT2D eigenvalue weighted by Gasteiger charge is -2.20. The smallest absolute Gasteiger partial charge is 0.319 e. The van der Waals surface area contributed by atoms with Crippen molar-refractivity contribution in [2.24, 2.45) is 0 Å². The van der Waals surface area contributed by atoms with Crippen molar-refractivity contribution in [2.75, 3.05) is 27.3 Å². The van der Waals surface area contributed by atoms with Gasteiger partial charge < -0.3 is 9.47 Å². The second kappa shape index (κ2) is 7.81. The third kappa shape index (κ3) is 4.79. The molecule has 0 atom stereocenters. The van der Waals surface area contributed by atoms with Crippen LogP contribution in [0.15, 0.2) is 18.2 Å². The van der Waals surface area contributed by atoms with Crippen molar-refractivity contribution in [3.63, 3.8) is 0 Å². The molecule has 20 heavy (non-hydrogen) atoms. The third-order valence-electron chi connectivity index (χ3n) is 2.59. The maximum Gasteiger partial charge on any atom is 0.319 e. The zero-order valence-corrected chi connectivity index (χ0v) is 11.9. The number of ether oxygens (including phenoxy) is 2.